The van der Waals surface area contributed by atoms with Crippen LogP contribution in [0.25, 0.3) is 0 Å². The molecule has 96 valence electrons. The van der Waals surface area contributed by atoms with Crippen molar-refractivity contribution in [2.75, 3.05) is 6.61 Å². The van der Waals surface area contributed by atoms with Crippen molar-refractivity contribution in [2.45, 2.75) is 19.1 Å². The van der Waals surface area contributed by atoms with Crippen molar-refractivity contribution in [1.29, 1.82) is 0 Å². The minimum absolute atomic E-state index is 0. The van der Waals surface area contributed by atoms with Gasteiger partial charge in [-0.1, -0.05) is 0 Å². The number of hydrogen-bond acceptors (Lipinski definition) is 4. The number of pyridine rings is 1. The molecule has 1 aromatic heterocycles. The number of esters is 1. The van der Waals surface area contributed by atoms with Crippen molar-refractivity contribution < 1.29 is 13.9 Å². The van der Waals surface area contributed by atoms with Crippen LogP contribution in [-0.2, 0) is 9.53 Å². The maximum atomic E-state index is 13.6. The van der Waals surface area contributed by atoms with Crippen LogP contribution in [0.15, 0.2) is 22.9 Å². The fraction of sp³-hybridized carbons (Fsp3) is 0.400. The second-order valence-electron chi connectivity index (χ2n) is 3.12. The van der Waals surface area contributed by atoms with E-state index >= 15 is 0 Å². The Morgan fingerprint density at radius 3 is 2.82 bits per heavy atom. The Labute approximate surface area is 113 Å². The molecule has 17 heavy (non-hydrogen) atoms. The highest BCUT2D eigenvalue weighted by Crippen LogP contribution is 2.20. The second-order valence-corrected chi connectivity index (χ2v) is 4.03. The lowest BCUT2D eigenvalue weighted by molar-refractivity contribution is -0.149. The number of nitrogens with two attached hydrogens (primary N) is 1. The van der Waals surface area contributed by atoms with Crippen LogP contribution in [0.3, 0.4) is 0 Å². The summed E-state index contributed by atoms with van der Waals surface area (Å²) in [4.78, 5) is 15.0. The van der Waals surface area contributed by atoms with Crippen molar-refractivity contribution >= 4 is 34.3 Å². The molecule has 0 radical (unpaired) electrons. The average Bonchev–Trinajstić information content (AvgIpc) is 2.27. The first kappa shape index (κ1) is 16.3. The molecule has 0 amide bonds. The first-order valence-corrected chi connectivity index (χ1v) is 5.52. The molecule has 0 bridgehead atoms. The minimum atomic E-state index is -1.88. The van der Waals surface area contributed by atoms with Crippen molar-refractivity contribution in [3.63, 3.8) is 0 Å². The minimum Gasteiger partial charge on any atom is -0.464 e. The SMILES string of the molecule is CCOC(=O)C(F)[C@@H](N)c1cncc(Br)c1.Cl. The summed E-state index contributed by atoms with van der Waals surface area (Å²) in [5.41, 5.74) is 6.04. The fourth-order valence-electron chi connectivity index (χ4n) is 1.15. The lowest BCUT2D eigenvalue weighted by Crippen LogP contribution is -2.31. The van der Waals surface area contributed by atoms with Gasteiger partial charge in [0, 0.05) is 16.9 Å². The van der Waals surface area contributed by atoms with Gasteiger partial charge in [0.1, 0.15) is 0 Å². The van der Waals surface area contributed by atoms with Crippen LogP contribution < -0.4 is 5.73 Å². The zero-order chi connectivity index (χ0) is 12.1. The highest BCUT2D eigenvalue weighted by atomic mass is 79.9. The molecule has 1 unspecified atom stereocenters. The summed E-state index contributed by atoms with van der Waals surface area (Å²) in [6.45, 7) is 1.74. The van der Waals surface area contributed by atoms with E-state index < -0.39 is 18.2 Å². The fourth-order valence-corrected chi connectivity index (χ4v) is 1.53. The number of carbonyl (C=O) groups excluding carboxylic acids is 1. The van der Waals surface area contributed by atoms with Gasteiger partial charge in [0.25, 0.3) is 0 Å². The molecule has 0 aromatic carbocycles. The van der Waals surface area contributed by atoms with E-state index in [0.717, 1.165) is 0 Å². The largest absolute Gasteiger partial charge is 0.464 e. The summed E-state index contributed by atoms with van der Waals surface area (Å²) < 4.78 is 18.8. The van der Waals surface area contributed by atoms with E-state index in [2.05, 4.69) is 25.7 Å². The summed E-state index contributed by atoms with van der Waals surface area (Å²) in [5.74, 6) is -0.949. The predicted molar refractivity (Wildman–Crippen MR) is 67.6 cm³/mol. The normalized spacial score (nSPS) is 13.4. The van der Waals surface area contributed by atoms with Crippen LogP contribution in [0.5, 0.6) is 0 Å². The van der Waals surface area contributed by atoms with Gasteiger partial charge in [-0.05, 0) is 34.5 Å². The molecule has 4 nitrogen and oxygen atoms in total. The molecule has 0 saturated carbocycles. The van der Waals surface area contributed by atoms with Gasteiger partial charge in [0.2, 0.25) is 6.17 Å². The van der Waals surface area contributed by atoms with Crippen LogP contribution in [0, 0.1) is 0 Å². The Morgan fingerprint density at radius 2 is 2.29 bits per heavy atom. The number of nitrogens with zero attached hydrogens (tertiary/aromatic N) is 1. The number of halogens is 3. The van der Waals surface area contributed by atoms with E-state index in [1.807, 2.05) is 0 Å². The maximum Gasteiger partial charge on any atom is 0.342 e. The number of hydrogen-bond donors (Lipinski definition) is 1. The highest BCUT2D eigenvalue weighted by molar-refractivity contribution is 9.10. The van der Waals surface area contributed by atoms with E-state index in [1.54, 1.807) is 19.2 Å². The van der Waals surface area contributed by atoms with E-state index in [1.165, 1.54) is 6.20 Å². The van der Waals surface area contributed by atoms with Gasteiger partial charge in [-0.15, -0.1) is 12.4 Å². The number of aromatic nitrogens is 1. The molecule has 2 N–H and O–H groups in total. The summed E-state index contributed by atoms with van der Waals surface area (Å²) in [6.07, 6.45) is 1.09. The lowest BCUT2D eigenvalue weighted by Gasteiger charge is -2.15. The van der Waals surface area contributed by atoms with Crippen molar-refractivity contribution in [2.24, 2.45) is 5.73 Å². The van der Waals surface area contributed by atoms with Gasteiger partial charge < -0.3 is 10.5 Å². The number of carbonyl (C=O) groups is 1. The number of rotatable bonds is 4. The highest BCUT2D eigenvalue weighted by Gasteiger charge is 2.27. The van der Waals surface area contributed by atoms with Crippen LogP contribution in [-0.4, -0.2) is 23.7 Å². The molecule has 0 fully saturated rings. The summed E-state index contributed by atoms with van der Waals surface area (Å²) in [7, 11) is 0. The molecule has 7 heteroatoms. The topological polar surface area (TPSA) is 65.2 Å². The quantitative estimate of drug-likeness (QED) is 0.861. The third-order valence-corrected chi connectivity index (χ3v) is 2.37. The van der Waals surface area contributed by atoms with Gasteiger partial charge in [0.05, 0.1) is 12.6 Å². The molecule has 2 atom stereocenters. The van der Waals surface area contributed by atoms with E-state index in [4.69, 9.17) is 5.73 Å². The molecular formula is C10H13BrClFN2O2. The standard InChI is InChI=1S/C10H12BrFN2O2.ClH/c1-2-16-10(15)8(12)9(13)6-3-7(11)5-14-4-6;/h3-5,8-9H,2,13H2,1H3;1H/t8?,9-;/m0./s1. The predicted octanol–water partition coefficient (Wildman–Crippen LogP) is 2.17. The van der Waals surface area contributed by atoms with Crippen LogP contribution in [0.1, 0.15) is 18.5 Å². The lowest BCUT2D eigenvalue weighted by atomic mass is 10.1. The van der Waals surface area contributed by atoms with Gasteiger partial charge in [-0.2, -0.15) is 0 Å². The van der Waals surface area contributed by atoms with Gasteiger partial charge in [0.15, 0.2) is 0 Å². The first-order chi connectivity index (χ1) is 7.56. The zero-order valence-corrected chi connectivity index (χ0v) is 11.5. The van der Waals surface area contributed by atoms with Crippen molar-refractivity contribution in [3.05, 3.63) is 28.5 Å². The molecule has 1 aromatic rings. The summed E-state index contributed by atoms with van der Waals surface area (Å²) in [5, 5.41) is 0. The zero-order valence-electron chi connectivity index (χ0n) is 9.10. The van der Waals surface area contributed by atoms with Crippen molar-refractivity contribution in [3.8, 4) is 0 Å². The van der Waals surface area contributed by atoms with E-state index in [9.17, 15) is 9.18 Å². The third kappa shape index (κ3) is 4.57. The Morgan fingerprint density at radius 1 is 1.65 bits per heavy atom. The molecule has 1 rings (SSSR count). The molecular weight excluding hydrogens is 314 g/mol. The van der Waals surface area contributed by atoms with E-state index in [0.29, 0.717) is 10.0 Å². The Bertz CT molecular complexity index is 381. The molecule has 1 heterocycles. The molecule has 0 saturated heterocycles. The average molecular weight is 328 g/mol. The van der Waals surface area contributed by atoms with Crippen LogP contribution in [0.2, 0.25) is 0 Å². The first-order valence-electron chi connectivity index (χ1n) is 4.73. The molecule has 0 aliphatic heterocycles. The number of alkyl halides is 1. The van der Waals surface area contributed by atoms with Crippen molar-refractivity contribution in [1.82, 2.24) is 4.98 Å². The summed E-state index contributed by atoms with van der Waals surface area (Å²) in [6, 6.07) is 0.549. The maximum absolute atomic E-state index is 13.6. The summed E-state index contributed by atoms with van der Waals surface area (Å²) >= 11 is 3.19. The molecule has 0 spiro atoms. The van der Waals surface area contributed by atoms with E-state index in [-0.39, 0.29) is 19.0 Å². The monoisotopic (exact) mass is 326 g/mol. The number of ether oxygens (including phenoxy) is 1. The van der Waals surface area contributed by atoms with Gasteiger partial charge in [-0.25, -0.2) is 9.18 Å². The smallest absolute Gasteiger partial charge is 0.342 e. The molecule has 0 aliphatic rings. The van der Waals surface area contributed by atoms with Gasteiger partial charge >= 0.3 is 5.97 Å². The molecule has 0 aliphatic carbocycles. The second kappa shape index (κ2) is 7.58. The Balaban J connectivity index is 0.00000256. The Hall–Kier alpha value is -0.720. The van der Waals surface area contributed by atoms with Crippen LogP contribution in [0.4, 0.5) is 4.39 Å². The van der Waals surface area contributed by atoms with Crippen LogP contribution >= 0.6 is 28.3 Å². The third-order valence-electron chi connectivity index (χ3n) is 1.94. The van der Waals surface area contributed by atoms with Gasteiger partial charge in [-0.3, -0.25) is 4.98 Å². The Kier molecular flexibility index (Phi) is 7.26.